The normalized spacial score (nSPS) is 15.6. The molecule has 2 N–H and O–H groups in total. The van der Waals surface area contributed by atoms with Crippen molar-refractivity contribution in [1.29, 1.82) is 0 Å². The number of nitrogens with zero attached hydrogens (tertiary/aromatic N) is 1. The van der Waals surface area contributed by atoms with Crippen LogP contribution in [0.4, 0.5) is 5.69 Å². The summed E-state index contributed by atoms with van der Waals surface area (Å²) in [6.45, 7) is -0.385. The van der Waals surface area contributed by atoms with Gasteiger partial charge in [0.2, 0.25) is 5.91 Å². The van der Waals surface area contributed by atoms with E-state index in [-0.39, 0.29) is 18.9 Å². The summed E-state index contributed by atoms with van der Waals surface area (Å²) >= 11 is 6.60. The zero-order chi connectivity index (χ0) is 21.7. The number of benzene rings is 2. The molecule has 0 aromatic heterocycles. The molecule has 2 aromatic rings. The average Bonchev–Trinajstić information content (AvgIpc) is 3.13. The van der Waals surface area contributed by atoms with E-state index in [0.717, 1.165) is 8.95 Å². The van der Waals surface area contributed by atoms with Crippen molar-refractivity contribution in [2.24, 2.45) is 5.92 Å². The van der Waals surface area contributed by atoms with Crippen LogP contribution < -0.4 is 15.8 Å². The van der Waals surface area contributed by atoms with E-state index in [9.17, 15) is 19.2 Å². The molecule has 1 fully saturated rings. The minimum absolute atomic E-state index is 0.0107. The molecule has 10 heteroatoms. The minimum Gasteiger partial charge on any atom is -0.455 e. The van der Waals surface area contributed by atoms with Crippen LogP contribution in [-0.2, 0) is 19.1 Å². The van der Waals surface area contributed by atoms with Gasteiger partial charge in [0, 0.05) is 33.2 Å². The molecule has 0 spiro atoms. The van der Waals surface area contributed by atoms with Gasteiger partial charge in [-0.05, 0) is 48.5 Å². The van der Waals surface area contributed by atoms with E-state index in [2.05, 4.69) is 42.7 Å². The van der Waals surface area contributed by atoms with Crippen molar-refractivity contribution < 1.29 is 23.9 Å². The van der Waals surface area contributed by atoms with Crippen LogP contribution in [0.5, 0.6) is 0 Å². The van der Waals surface area contributed by atoms with E-state index in [1.165, 1.54) is 4.90 Å². The molecule has 1 saturated heterocycles. The maximum absolute atomic E-state index is 12.2. The number of hydrogen-bond donors (Lipinski definition) is 2. The molecule has 1 aliphatic heterocycles. The monoisotopic (exact) mass is 537 g/mol. The fourth-order valence-corrected chi connectivity index (χ4v) is 3.36. The second-order valence-electron chi connectivity index (χ2n) is 6.50. The zero-order valence-electron chi connectivity index (χ0n) is 15.6. The first-order valence-electron chi connectivity index (χ1n) is 8.91. The largest absolute Gasteiger partial charge is 0.455 e. The molecule has 0 bridgehead atoms. The average molecular weight is 539 g/mol. The summed E-state index contributed by atoms with van der Waals surface area (Å²) in [7, 11) is 0. The number of carbonyl (C=O) groups excluding carboxylic acids is 4. The second kappa shape index (κ2) is 9.86. The Morgan fingerprint density at radius 2 is 1.57 bits per heavy atom. The van der Waals surface area contributed by atoms with Gasteiger partial charge >= 0.3 is 5.97 Å². The molecule has 3 rings (SSSR count). The summed E-state index contributed by atoms with van der Waals surface area (Å²) in [5, 5.41) is 0. The molecule has 8 nitrogen and oxygen atoms in total. The topological polar surface area (TPSA) is 105 Å². The fourth-order valence-electron chi connectivity index (χ4n) is 2.83. The lowest BCUT2D eigenvalue weighted by Gasteiger charge is -2.16. The molecule has 30 heavy (non-hydrogen) atoms. The van der Waals surface area contributed by atoms with Crippen LogP contribution in [-0.4, -0.2) is 36.8 Å². The molecule has 2 aromatic carbocycles. The Morgan fingerprint density at radius 1 is 0.967 bits per heavy atom. The SMILES string of the molecule is O=C(COC(=O)[C@H]1CC(=O)N(c2ccc(Br)cc2)C1)NNC(=O)c1ccc(Br)cc1. The van der Waals surface area contributed by atoms with Crippen molar-refractivity contribution in [1.82, 2.24) is 10.9 Å². The smallest absolute Gasteiger partial charge is 0.311 e. The van der Waals surface area contributed by atoms with Crippen molar-refractivity contribution in [2.75, 3.05) is 18.1 Å². The highest BCUT2D eigenvalue weighted by atomic mass is 79.9. The van der Waals surface area contributed by atoms with E-state index in [0.29, 0.717) is 11.3 Å². The lowest BCUT2D eigenvalue weighted by atomic mass is 10.1. The van der Waals surface area contributed by atoms with E-state index < -0.39 is 30.3 Å². The number of halogens is 2. The Labute approximate surface area is 189 Å². The molecular formula is C20H17Br2N3O5. The highest BCUT2D eigenvalue weighted by Crippen LogP contribution is 2.27. The number of esters is 1. The Bertz CT molecular complexity index is 963. The number of ether oxygens (including phenoxy) is 1. The first kappa shape index (κ1) is 22.0. The van der Waals surface area contributed by atoms with Gasteiger partial charge < -0.3 is 9.64 Å². The maximum Gasteiger partial charge on any atom is 0.311 e. The third-order valence-electron chi connectivity index (χ3n) is 4.36. The van der Waals surface area contributed by atoms with E-state index in [1.54, 1.807) is 48.5 Å². The van der Waals surface area contributed by atoms with Crippen molar-refractivity contribution in [3.63, 3.8) is 0 Å². The lowest BCUT2D eigenvalue weighted by molar-refractivity contribution is -0.152. The number of amides is 3. The van der Waals surface area contributed by atoms with E-state index in [4.69, 9.17) is 4.74 Å². The highest BCUT2D eigenvalue weighted by molar-refractivity contribution is 9.10. The summed E-state index contributed by atoms with van der Waals surface area (Å²) in [6.07, 6.45) is 0.0107. The molecule has 0 saturated carbocycles. The Balaban J connectivity index is 1.44. The van der Waals surface area contributed by atoms with Crippen LogP contribution >= 0.6 is 31.9 Å². The van der Waals surface area contributed by atoms with Crippen LogP contribution in [0.15, 0.2) is 57.5 Å². The van der Waals surface area contributed by atoms with Gasteiger partial charge in [-0.2, -0.15) is 0 Å². The minimum atomic E-state index is -0.692. The zero-order valence-corrected chi connectivity index (χ0v) is 18.7. The van der Waals surface area contributed by atoms with Crippen molar-refractivity contribution >= 4 is 61.2 Å². The second-order valence-corrected chi connectivity index (χ2v) is 8.33. The number of nitrogens with one attached hydrogen (secondary N) is 2. The molecule has 1 heterocycles. The molecule has 3 amide bonds. The summed E-state index contributed by atoms with van der Waals surface area (Å²) < 4.78 is 6.70. The third kappa shape index (κ3) is 5.67. The summed E-state index contributed by atoms with van der Waals surface area (Å²) in [5.41, 5.74) is 5.46. The van der Waals surface area contributed by atoms with Gasteiger partial charge in [-0.25, -0.2) is 0 Å². The quantitative estimate of drug-likeness (QED) is 0.449. The first-order valence-corrected chi connectivity index (χ1v) is 10.5. The molecule has 156 valence electrons. The lowest BCUT2D eigenvalue weighted by Crippen LogP contribution is -2.43. The number of carbonyl (C=O) groups is 4. The van der Waals surface area contributed by atoms with Gasteiger partial charge in [0.15, 0.2) is 6.61 Å². The van der Waals surface area contributed by atoms with E-state index in [1.807, 2.05) is 0 Å². The Morgan fingerprint density at radius 3 is 2.20 bits per heavy atom. The first-order chi connectivity index (χ1) is 14.3. The summed E-state index contributed by atoms with van der Waals surface area (Å²) in [4.78, 5) is 49.8. The van der Waals surface area contributed by atoms with Crippen LogP contribution in [0.2, 0.25) is 0 Å². The Kier molecular flexibility index (Phi) is 7.22. The van der Waals surface area contributed by atoms with Gasteiger partial charge in [0.25, 0.3) is 11.8 Å². The number of anilines is 1. The molecule has 0 aliphatic carbocycles. The third-order valence-corrected chi connectivity index (χ3v) is 5.42. The van der Waals surface area contributed by atoms with Gasteiger partial charge in [0.1, 0.15) is 0 Å². The van der Waals surface area contributed by atoms with Gasteiger partial charge in [-0.1, -0.05) is 31.9 Å². The van der Waals surface area contributed by atoms with Crippen molar-refractivity contribution in [3.8, 4) is 0 Å². The van der Waals surface area contributed by atoms with Gasteiger partial charge in [-0.15, -0.1) is 0 Å². The molecule has 0 radical (unpaired) electrons. The maximum atomic E-state index is 12.2. The summed E-state index contributed by atoms with van der Waals surface area (Å²) in [6, 6.07) is 13.7. The van der Waals surface area contributed by atoms with Crippen molar-refractivity contribution in [2.45, 2.75) is 6.42 Å². The van der Waals surface area contributed by atoms with Gasteiger partial charge in [-0.3, -0.25) is 30.0 Å². The number of hydrogen-bond acceptors (Lipinski definition) is 5. The van der Waals surface area contributed by atoms with Crippen LogP contribution in [0, 0.1) is 5.92 Å². The van der Waals surface area contributed by atoms with E-state index >= 15 is 0 Å². The number of rotatable bonds is 5. The predicted octanol–water partition coefficient (Wildman–Crippen LogP) is 2.57. The fraction of sp³-hybridized carbons (Fsp3) is 0.200. The van der Waals surface area contributed by atoms with Crippen molar-refractivity contribution in [3.05, 3.63) is 63.0 Å². The molecule has 1 aliphatic rings. The summed E-state index contributed by atoms with van der Waals surface area (Å²) in [5.74, 6) is -2.69. The molecular weight excluding hydrogens is 522 g/mol. The van der Waals surface area contributed by atoms with Crippen LogP contribution in [0.3, 0.4) is 0 Å². The molecule has 0 unspecified atom stereocenters. The van der Waals surface area contributed by atoms with Gasteiger partial charge in [0.05, 0.1) is 5.92 Å². The highest BCUT2D eigenvalue weighted by Gasteiger charge is 2.36. The van der Waals surface area contributed by atoms with Crippen LogP contribution in [0.1, 0.15) is 16.8 Å². The van der Waals surface area contributed by atoms with Crippen LogP contribution in [0.25, 0.3) is 0 Å². The molecule has 1 atom stereocenters. The Hall–Kier alpha value is -2.72. The number of hydrazine groups is 1. The predicted molar refractivity (Wildman–Crippen MR) is 115 cm³/mol. The standard InChI is InChI=1S/C20H17Br2N3O5/c21-14-3-1-12(2-4-14)19(28)24-23-17(26)11-30-20(29)13-9-18(27)25(10-13)16-7-5-15(22)6-8-16/h1-8,13H,9-11H2,(H,23,26)(H,24,28)/t13-/m0/s1.